The molecule has 0 aliphatic carbocycles. The van der Waals surface area contributed by atoms with Crippen LogP contribution in [-0.2, 0) is 4.79 Å². The first-order chi connectivity index (χ1) is 7.04. The van der Waals surface area contributed by atoms with Crippen LogP contribution in [0.1, 0.15) is 5.56 Å². The Balaban J connectivity index is 2.91. The molecule has 4 nitrogen and oxygen atoms in total. The second kappa shape index (κ2) is 5.04. The first-order valence-corrected chi connectivity index (χ1v) is 5.22. The number of carboxylic acid groups (broad SMARTS) is 1. The van der Waals surface area contributed by atoms with Crippen LogP contribution in [-0.4, -0.2) is 23.6 Å². The Morgan fingerprint density at radius 1 is 1.60 bits per heavy atom. The van der Waals surface area contributed by atoms with E-state index < -0.39 is 11.3 Å². The van der Waals surface area contributed by atoms with E-state index in [1.54, 1.807) is 13.2 Å². The summed E-state index contributed by atoms with van der Waals surface area (Å²) in [6.45, 7) is 1.93. The molecule has 1 atom stereocenters. The summed E-state index contributed by atoms with van der Waals surface area (Å²) in [5.41, 5.74) is 6.47. The minimum atomic E-state index is -1.04. The van der Waals surface area contributed by atoms with Gasteiger partial charge in [-0.15, -0.1) is 0 Å². The van der Waals surface area contributed by atoms with Gasteiger partial charge in [-0.1, -0.05) is 17.8 Å². The molecule has 1 aromatic rings. The lowest BCUT2D eigenvalue weighted by Crippen LogP contribution is -2.26. The molecule has 0 bridgehead atoms. The van der Waals surface area contributed by atoms with E-state index in [1.165, 1.54) is 0 Å². The summed E-state index contributed by atoms with van der Waals surface area (Å²) < 4.78 is 5.11. The molecule has 0 heterocycles. The van der Waals surface area contributed by atoms with Crippen molar-refractivity contribution in [3.63, 3.8) is 0 Å². The summed E-state index contributed by atoms with van der Waals surface area (Å²) in [4.78, 5) is 11.3. The lowest BCUT2D eigenvalue weighted by molar-refractivity contribution is -0.136. The number of carbonyl (C=O) groups is 1. The van der Waals surface area contributed by atoms with E-state index in [0.29, 0.717) is 5.75 Å². The van der Waals surface area contributed by atoms with E-state index in [-0.39, 0.29) is 0 Å². The molecule has 0 radical (unpaired) electrons. The van der Waals surface area contributed by atoms with E-state index in [9.17, 15) is 4.79 Å². The smallest absolute Gasteiger partial charge is 0.331 e. The molecule has 82 valence electrons. The van der Waals surface area contributed by atoms with E-state index in [4.69, 9.17) is 15.6 Å². The molecule has 5 heteroatoms. The molecule has 0 aliphatic rings. The van der Waals surface area contributed by atoms with Gasteiger partial charge in [0.05, 0.1) is 12.0 Å². The molecule has 1 rings (SSSR count). The quantitative estimate of drug-likeness (QED) is 0.602. The first-order valence-electron chi connectivity index (χ1n) is 4.34. The Hall–Kier alpha value is -1.20. The van der Waals surface area contributed by atoms with Crippen LogP contribution in [0.25, 0.3) is 0 Å². The highest BCUT2D eigenvalue weighted by molar-refractivity contribution is 8.00. The summed E-state index contributed by atoms with van der Waals surface area (Å²) in [5, 5.41) is 7.72. The minimum Gasteiger partial charge on any atom is -0.496 e. The van der Waals surface area contributed by atoms with Gasteiger partial charge < -0.3 is 15.6 Å². The second-order valence-corrected chi connectivity index (χ2v) is 4.21. The Kier molecular flexibility index (Phi) is 3.99. The van der Waals surface area contributed by atoms with Crippen molar-refractivity contribution in [2.24, 2.45) is 5.73 Å². The maximum absolute atomic E-state index is 10.6. The van der Waals surface area contributed by atoms with Crippen LogP contribution in [0.15, 0.2) is 23.1 Å². The lowest BCUT2D eigenvalue weighted by atomic mass is 10.2. The van der Waals surface area contributed by atoms with E-state index in [1.807, 2.05) is 19.1 Å². The van der Waals surface area contributed by atoms with Gasteiger partial charge in [0, 0.05) is 0 Å². The molecule has 0 amide bonds. The van der Waals surface area contributed by atoms with Crippen LogP contribution in [0, 0.1) is 6.92 Å². The summed E-state index contributed by atoms with van der Waals surface area (Å²) >= 11 is 1.07. The Morgan fingerprint density at radius 3 is 2.80 bits per heavy atom. The van der Waals surface area contributed by atoms with Gasteiger partial charge in [-0.2, -0.15) is 0 Å². The zero-order chi connectivity index (χ0) is 11.4. The number of aliphatic carboxylic acids is 1. The molecule has 0 aromatic heterocycles. The van der Waals surface area contributed by atoms with Gasteiger partial charge in [-0.25, -0.2) is 4.79 Å². The molecular weight excluding hydrogens is 214 g/mol. The zero-order valence-corrected chi connectivity index (χ0v) is 9.38. The number of methoxy groups -OCH3 is 1. The third kappa shape index (κ3) is 3.14. The van der Waals surface area contributed by atoms with Crippen molar-refractivity contribution in [2.75, 3.05) is 7.11 Å². The van der Waals surface area contributed by atoms with Gasteiger partial charge in [0.15, 0.2) is 5.37 Å². The fourth-order valence-corrected chi connectivity index (χ4v) is 1.96. The molecule has 0 saturated carbocycles. The molecule has 15 heavy (non-hydrogen) atoms. The van der Waals surface area contributed by atoms with Crippen molar-refractivity contribution in [2.45, 2.75) is 17.2 Å². The third-order valence-electron chi connectivity index (χ3n) is 1.82. The molecular formula is C10H13NO3S. The number of carboxylic acids is 1. The average Bonchev–Trinajstić information content (AvgIpc) is 2.18. The Labute approximate surface area is 92.4 Å². The first kappa shape index (κ1) is 11.9. The van der Waals surface area contributed by atoms with Gasteiger partial charge in [0.25, 0.3) is 0 Å². The van der Waals surface area contributed by atoms with Gasteiger partial charge in [-0.05, 0) is 24.6 Å². The second-order valence-electron chi connectivity index (χ2n) is 3.03. The number of benzene rings is 1. The fraction of sp³-hybridized carbons (Fsp3) is 0.300. The SMILES string of the molecule is COc1ccc(C)cc1SC(N)C(=O)O. The molecule has 0 fully saturated rings. The predicted molar refractivity (Wildman–Crippen MR) is 59.2 cm³/mol. The summed E-state index contributed by atoms with van der Waals surface area (Å²) in [6, 6.07) is 5.55. The van der Waals surface area contributed by atoms with Crippen molar-refractivity contribution in [1.82, 2.24) is 0 Å². The maximum Gasteiger partial charge on any atom is 0.331 e. The van der Waals surface area contributed by atoms with E-state index in [2.05, 4.69) is 0 Å². The predicted octanol–water partition coefficient (Wildman–Crippen LogP) is 1.47. The largest absolute Gasteiger partial charge is 0.496 e. The number of ether oxygens (including phenoxy) is 1. The van der Waals surface area contributed by atoms with Crippen LogP contribution in [0.2, 0.25) is 0 Å². The number of rotatable bonds is 4. The van der Waals surface area contributed by atoms with Gasteiger partial charge in [0.2, 0.25) is 0 Å². The highest BCUT2D eigenvalue weighted by atomic mass is 32.2. The fourth-order valence-electron chi connectivity index (χ4n) is 1.06. The molecule has 1 unspecified atom stereocenters. The van der Waals surface area contributed by atoms with Crippen LogP contribution in [0.4, 0.5) is 0 Å². The molecule has 3 N–H and O–H groups in total. The maximum atomic E-state index is 10.6. The molecule has 0 spiro atoms. The monoisotopic (exact) mass is 227 g/mol. The number of nitrogens with two attached hydrogens (primary N) is 1. The highest BCUT2D eigenvalue weighted by Gasteiger charge is 2.15. The minimum absolute atomic E-state index is 0.641. The van der Waals surface area contributed by atoms with Crippen molar-refractivity contribution >= 4 is 17.7 Å². The molecule has 0 aliphatic heterocycles. The van der Waals surface area contributed by atoms with E-state index in [0.717, 1.165) is 22.2 Å². The third-order valence-corrected chi connectivity index (χ3v) is 2.84. The standard InChI is InChI=1S/C10H13NO3S/c1-6-3-4-7(14-2)8(5-6)15-9(11)10(12)13/h3-5,9H,11H2,1-2H3,(H,12,13). The number of hydrogen-bond donors (Lipinski definition) is 2. The number of aryl methyl sites for hydroxylation is 1. The zero-order valence-electron chi connectivity index (χ0n) is 8.56. The van der Waals surface area contributed by atoms with Crippen LogP contribution in [0.5, 0.6) is 5.75 Å². The van der Waals surface area contributed by atoms with Crippen LogP contribution < -0.4 is 10.5 Å². The summed E-state index contributed by atoms with van der Waals surface area (Å²) in [5.74, 6) is -0.397. The Morgan fingerprint density at radius 2 is 2.27 bits per heavy atom. The van der Waals surface area contributed by atoms with Crippen molar-refractivity contribution < 1.29 is 14.6 Å². The summed E-state index contributed by atoms with van der Waals surface area (Å²) in [6.07, 6.45) is 0. The number of thioether (sulfide) groups is 1. The Bertz CT molecular complexity index is 368. The van der Waals surface area contributed by atoms with Crippen molar-refractivity contribution in [3.8, 4) is 5.75 Å². The van der Waals surface area contributed by atoms with E-state index >= 15 is 0 Å². The summed E-state index contributed by atoms with van der Waals surface area (Å²) in [7, 11) is 1.54. The molecule has 1 aromatic carbocycles. The molecule has 0 saturated heterocycles. The number of hydrogen-bond acceptors (Lipinski definition) is 4. The van der Waals surface area contributed by atoms with Gasteiger partial charge >= 0.3 is 5.97 Å². The topological polar surface area (TPSA) is 72.5 Å². The van der Waals surface area contributed by atoms with Crippen molar-refractivity contribution in [3.05, 3.63) is 23.8 Å². The normalized spacial score (nSPS) is 12.2. The van der Waals surface area contributed by atoms with Crippen LogP contribution >= 0.6 is 11.8 Å². The highest BCUT2D eigenvalue weighted by Crippen LogP contribution is 2.31. The van der Waals surface area contributed by atoms with Crippen LogP contribution in [0.3, 0.4) is 0 Å². The van der Waals surface area contributed by atoms with Crippen molar-refractivity contribution in [1.29, 1.82) is 0 Å². The van der Waals surface area contributed by atoms with Gasteiger partial charge in [-0.3, -0.25) is 0 Å². The van der Waals surface area contributed by atoms with Gasteiger partial charge in [0.1, 0.15) is 5.75 Å². The average molecular weight is 227 g/mol. The lowest BCUT2D eigenvalue weighted by Gasteiger charge is -2.11.